The second-order valence-electron chi connectivity index (χ2n) is 3.45. The smallest absolute Gasteiger partial charge is 0.318 e. The van der Waals surface area contributed by atoms with Crippen molar-refractivity contribution in [1.29, 1.82) is 0 Å². The molecule has 92 valence electrons. The minimum Gasteiger partial charge on any atom is -0.370 e. The van der Waals surface area contributed by atoms with E-state index in [1.807, 2.05) is 5.32 Å². The maximum atomic E-state index is 11.2. The Balaban J connectivity index is 3.57. The third kappa shape index (κ3) is 7.74. The van der Waals surface area contributed by atoms with Crippen LogP contribution >= 0.6 is 0 Å². The van der Waals surface area contributed by atoms with Crippen molar-refractivity contribution in [1.82, 2.24) is 10.6 Å². The molecule has 0 saturated heterocycles. The number of urea groups is 1. The highest BCUT2D eigenvalue weighted by Gasteiger charge is 2.12. The van der Waals surface area contributed by atoms with Gasteiger partial charge in [-0.2, -0.15) is 0 Å². The van der Waals surface area contributed by atoms with E-state index in [1.165, 1.54) is 0 Å². The highest BCUT2D eigenvalue weighted by atomic mass is 16.2. The van der Waals surface area contributed by atoms with E-state index in [0.717, 1.165) is 6.42 Å². The molecule has 16 heavy (non-hydrogen) atoms. The van der Waals surface area contributed by atoms with Crippen LogP contribution in [0, 0.1) is 0 Å². The molecule has 1 atom stereocenters. The molecule has 0 bridgehead atoms. The molecule has 0 aliphatic rings. The number of primary amides is 2. The van der Waals surface area contributed by atoms with Gasteiger partial charge < -0.3 is 16.8 Å². The van der Waals surface area contributed by atoms with Crippen LogP contribution in [0.2, 0.25) is 0 Å². The van der Waals surface area contributed by atoms with Crippen molar-refractivity contribution in [2.75, 3.05) is 6.54 Å². The van der Waals surface area contributed by atoms with Crippen LogP contribution in [-0.2, 0) is 9.59 Å². The zero-order valence-corrected chi connectivity index (χ0v) is 9.29. The summed E-state index contributed by atoms with van der Waals surface area (Å²) in [6.45, 7) is 2.19. The van der Waals surface area contributed by atoms with Gasteiger partial charge in [-0.1, -0.05) is 0 Å². The zero-order chi connectivity index (χ0) is 12.6. The van der Waals surface area contributed by atoms with E-state index in [4.69, 9.17) is 11.5 Å². The Labute approximate surface area is 93.9 Å². The van der Waals surface area contributed by atoms with Gasteiger partial charge in [-0.3, -0.25) is 14.9 Å². The number of unbranched alkanes of at least 4 members (excludes halogenated alkanes) is 1. The van der Waals surface area contributed by atoms with Crippen molar-refractivity contribution in [3.05, 3.63) is 0 Å². The third-order valence-corrected chi connectivity index (χ3v) is 1.94. The Morgan fingerprint density at radius 1 is 1.19 bits per heavy atom. The molecule has 0 spiro atoms. The molecule has 0 aromatic rings. The lowest BCUT2D eigenvalue weighted by molar-refractivity contribution is -0.121. The summed E-state index contributed by atoms with van der Waals surface area (Å²) in [5, 5.41) is 4.85. The normalized spacial score (nSPS) is 11.8. The molecule has 0 heterocycles. The van der Waals surface area contributed by atoms with Crippen LogP contribution in [-0.4, -0.2) is 30.4 Å². The van der Waals surface area contributed by atoms with Gasteiger partial charge in [0.15, 0.2) is 0 Å². The minimum absolute atomic E-state index is 0.334. The van der Waals surface area contributed by atoms with Gasteiger partial charge in [-0.15, -0.1) is 0 Å². The lowest BCUT2D eigenvalue weighted by Crippen LogP contribution is -2.46. The van der Waals surface area contributed by atoms with Crippen molar-refractivity contribution < 1.29 is 14.4 Å². The Bertz CT molecular complexity index is 267. The maximum Gasteiger partial charge on any atom is 0.318 e. The van der Waals surface area contributed by atoms with Crippen molar-refractivity contribution in [3.8, 4) is 0 Å². The van der Waals surface area contributed by atoms with Gasteiger partial charge in [0.2, 0.25) is 11.8 Å². The lowest BCUT2D eigenvalue weighted by Gasteiger charge is -2.11. The Morgan fingerprint density at radius 2 is 1.81 bits per heavy atom. The molecule has 7 heteroatoms. The number of carbonyl (C=O) groups excluding carboxylic acids is 3. The number of hydrogen-bond acceptors (Lipinski definition) is 4. The fourth-order valence-electron chi connectivity index (χ4n) is 1.07. The van der Waals surface area contributed by atoms with Crippen LogP contribution in [0.1, 0.15) is 26.2 Å². The number of nitrogens with two attached hydrogens (primary N) is 2. The first-order valence-electron chi connectivity index (χ1n) is 5.05. The van der Waals surface area contributed by atoms with E-state index >= 15 is 0 Å². The summed E-state index contributed by atoms with van der Waals surface area (Å²) >= 11 is 0. The molecule has 0 aliphatic carbocycles. The van der Waals surface area contributed by atoms with E-state index in [-0.39, 0.29) is 5.91 Å². The number of carbonyl (C=O) groups is 3. The third-order valence-electron chi connectivity index (χ3n) is 1.94. The van der Waals surface area contributed by atoms with Crippen molar-refractivity contribution in [3.63, 3.8) is 0 Å². The molecule has 6 N–H and O–H groups in total. The van der Waals surface area contributed by atoms with Gasteiger partial charge in [-0.05, 0) is 26.3 Å². The molecule has 0 saturated carbocycles. The van der Waals surface area contributed by atoms with Gasteiger partial charge >= 0.3 is 6.03 Å². The average molecular weight is 230 g/mol. The second kappa shape index (κ2) is 7.63. The van der Waals surface area contributed by atoms with Crippen molar-refractivity contribution in [2.45, 2.75) is 32.2 Å². The van der Waals surface area contributed by atoms with Crippen LogP contribution in [0.4, 0.5) is 4.79 Å². The van der Waals surface area contributed by atoms with Crippen LogP contribution < -0.4 is 22.1 Å². The molecule has 0 fully saturated rings. The summed E-state index contributed by atoms with van der Waals surface area (Å²) in [7, 11) is 0. The summed E-state index contributed by atoms with van der Waals surface area (Å²) in [6, 6.07) is -1.37. The van der Waals surface area contributed by atoms with Gasteiger partial charge in [-0.25, -0.2) is 4.79 Å². The molecule has 0 aromatic heterocycles. The first-order chi connectivity index (χ1) is 7.43. The Morgan fingerprint density at radius 3 is 2.31 bits per heavy atom. The summed E-state index contributed by atoms with van der Waals surface area (Å²) < 4.78 is 0. The second-order valence-corrected chi connectivity index (χ2v) is 3.45. The van der Waals surface area contributed by atoms with Crippen LogP contribution in [0.3, 0.4) is 0 Å². The van der Waals surface area contributed by atoms with Gasteiger partial charge in [0.1, 0.15) is 0 Å². The largest absolute Gasteiger partial charge is 0.370 e. The van der Waals surface area contributed by atoms with Gasteiger partial charge in [0.25, 0.3) is 0 Å². The first-order valence-corrected chi connectivity index (χ1v) is 5.05. The molecule has 0 aliphatic heterocycles. The number of imide groups is 1. The molecule has 0 aromatic carbocycles. The standard InChI is InChI=1S/C9H18N4O3/c1-6(8(15)13-9(11)16)12-5-3-2-4-7(10)14/h6,12H,2-5H2,1H3,(H2,10,14)(H3,11,13,15,16). The summed E-state index contributed by atoms with van der Waals surface area (Å²) in [4.78, 5) is 32.0. The molecule has 4 amide bonds. The zero-order valence-electron chi connectivity index (χ0n) is 9.29. The first kappa shape index (κ1) is 14.4. The topological polar surface area (TPSA) is 127 Å². The SMILES string of the molecule is CC(NCCCCC(N)=O)C(=O)NC(N)=O. The van der Waals surface area contributed by atoms with E-state index in [0.29, 0.717) is 19.4 Å². The quantitative estimate of drug-likeness (QED) is 0.410. The molecule has 0 radical (unpaired) electrons. The van der Waals surface area contributed by atoms with Crippen LogP contribution in [0.25, 0.3) is 0 Å². The highest BCUT2D eigenvalue weighted by molar-refractivity contribution is 5.96. The van der Waals surface area contributed by atoms with Crippen LogP contribution in [0.15, 0.2) is 0 Å². The highest BCUT2D eigenvalue weighted by Crippen LogP contribution is 1.93. The fourth-order valence-corrected chi connectivity index (χ4v) is 1.07. The number of rotatable bonds is 7. The summed E-state index contributed by atoms with van der Waals surface area (Å²) in [6.07, 6.45) is 1.74. The van der Waals surface area contributed by atoms with Gasteiger partial charge in [0.05, 0.1) is 6.04 Å². The van der Waals surface area contributed by atoms with E-state index < -0.39 is 18.0 Å². The van der Waals surface area contributed by atoms with E-state index in [1.54, 1.807) is 6.92 Å². The summed E-state index contributed by atoms with van der Waals surface area (Å²) in [5.41, 5.74) is 9.75. The molecule has 0 rings (SSSR count). The Hall–Kier alpha value is -1.63. The van der Waals surface area contributed by atoms with Crippen molar-refractivity contribution in [2.24, 2.45) is 11.5 Å². The predicted molar refractivity (Wildman–Crippen MR) is 58.2 cm³/mol. The van der Waals surface area contributed by atoms with E-state index in [9.17, 15) is 14.4 Å². The molecular weight excluding hydrogens is 212 g/mol. The minimum atomic E-state index is -0.868. The monoisotopic (exact) mass is 230 g/mol. The average Bonchev–Trinajstić information content (AvgIpc) is 2.15. The summed E-state index contributed by atoms with van der Waals surface area (Å²) in [5.74, 6) is -0.804. The number of nitrogens with one attached hydrogen (secondary N) is 2. The van der Waals surface area contributed by atoms with Crippen molar-refractivity contribution >= 4 is 17.8 Å². The molecule has 7 nitrogen and oxygen atoms in total. The van der Waals surface area contributed by atoms with E-state index in [2.05, 4.69) is 5.32 Å². The fraction of sp³-hybridized carbons (Fsp3) is 0.667. The van der Waals surface area contributed by atoms with Gasteiger partial charge in [0, 0.05) is 6.42 Å². The van der Waals surface area contributed by atoms with Crippen LogP contribution in [0.5, 0.6) is 0 Å². The predicted octanol–water partition coefficient (Wildman–Crippen LogP) is -1.18. The molecular formula is C9H18N4O3. The number of hydrogen-bond donors (Lipinski definition) is 4. The maximum absolute atomic E-state index is 11.2. The number of amides is 4. The molecule has 1 unspecified atom stereocenters. The lowest BCUT2D eigenvalue weighted by atomic mass is 10.2. The Kier molecular flexibility index (Phi) is 6.86.